The summed E-state index contributed by atoms with van der Waals surface area (Å²) in [7, 11) is 0. The second kappa shape index (κ2) is 21.1. The van der Waals surface area contributed by atoms with Gasteiger partial charge in [-0.05, 0) is 118 Å². The zero-order chi connectivity index (χ0) is 48.7. The SMILES string of the molecule is C=CC(=O)ON(CC)C(=O)C(C)ON1C(C)(CC)CC(C2(OC(=O)c3ccc(C(=O)O)cc3)CC(C)(CC)N(OC(C)C(=O)N(CC)OC(=O)C=C)C(C)(CC)C2C)C(C)C1(C)CC. The topological polar surface area (TPSA) is 182 Å². The predicted molar refractivity (Wildman–Crippen MR) is 240 cm³/mol. The number of benzene rings is 1. The Bertz CT molecular complexity index is 1890. The van der Waals surface area contributed by atoms with Crippen LogP contribution in [-0.4, -0.2) is 114 Å². The first kappa shape index (κ1) is 53.7. The molecule has 0 aromatic heterocycles. The number of amides is 2. The van der Waals surface area contributed by atoms with Crippen LogP contribution in [0.1, 0.15) is 156 Å². The van der Waals surface area contributed by atoms with E-state index in [1.54, 1.807) is 27.7 Å². The van der Waals surface area contributed by atoms with E-state index in [9.17, 15) is 33.9 Å². The lowest BCUT2D eigenvalue weighted by molar-refractivity contribution is -0.369. The molecule has 0 bridgehead atoms. The number of ether oxygens (including phenoxy) is 1. The fourth-order valence-electron chi connectivity index (χ4n) is 9.94. The number of nitrogens with zero attached hydrogens (tertiary/aromatic N) is 4. The van der Waals surface area contributed by atoms with E-state index in [4.69, 9.17) is 24.1 Å². The maximum Gasteiger partial charge on any atom is 0.355 e. The van der Waals surface area contributed by atoms with E-state index in [0.29, 0.717) is 32.1 Å². The van der Waals surface area contributed by atoms with E-state index in [0.717, 1.165) is 22.3 Å². The van der Waals surface area contributed by atoms with Crippen LogP contribution in [0, 0.1) is 17.8 Å². The smallest absolute Gasteiger partial charge is 0.355 e. The van der Waals surface area contributed by atoms with Crippen molar-refractivity contribution in [3.63, 3.8) is 0 Å². The molecule has 2 heterocycles. The first-order valence-electron chi connectivity index (χ1n) is 22.7. The third-order valence-electron chi connectivity index (χ3n) is 14.7. The van der Waals surface area contributed by atoms with Crippen LogP contribution in [-0.2, 0) is 43.3 Å². The number of carboxylic acid groups (broad SMARTS) is 1. The lowest BCUT2D eigenvalue weighted by atomic mass is 9.51. The number of piperidine rings is 2. The van der Waals surface area contributed by atoms with E-state index in [1.165, 1.54) is 24.3 Å². The number of esters is 1. The van der Waals surface area contributed by atoms with E-state index in [2.05, 4.69) is 54.7 Å². The molecule has 1 aromatic carbocycles. The van der Waals surface area contributed by atoms with Gasteiger partial charge in [-0.1, -0.05) is 54.7 Å². The molecule has 2 fully saturated rings. The number of aromatic carboxylic acids is 1. The fraction of sp³-hybridized carbons (Fsp3) is 0.667. The summed E-state index contributed by atoms with van der Waals surface area (Å²) >= 11 is 0. The van der Waals surface area contributed by atoms with Gasteiger partial charge in [0.2, 0.25) is 0 Å². The van der Waals surface area contributed by atoms with E-state index >= 15 is 0 Å². The summed E-state index contributed by atoms with van der Waals surface area (Å²) in [6, 6.07) is 5.68. The van der Waals surface area contributed by atoms with Gasteiger partial charge < -0.3 is 19.5 Å². The highest BCUT2D eigenvalue weighted by molar-refractivity contribution is 5.93. The molecule has 358 valence electrons. The van der Waals surface area contributed by atoms with Crippen LogP contribution < -0.4 is 0 Å². The summed E-state index contributed by atoms with van der Waals surface area (Å²) in [5.41, 5.74) is -4.30. The van der Waals surface area contributed by atoms with Crippen LogP contribution in [0.4, 0.5) is 0 Å². The van der Waals surface area contributed by atoms with E-state index in [1.807, 2.05) is 37.8 Å². The van der Waals surface area contributed by atoms with Crippen LogP contribution in [0.15, 0.2) is 49.6 Å². The number of carbonyl (C=O) groups is 6. The second-order valence-electron chi connectivity index (χ2n) is 18.2. The minimum absolute atomic E-state index is 0.0267. The molecular weight excluding hydrogens is 825 g/mol. The van der Waals surface area contributed by atoms with Gasteiger partial charge in [0.15, 0.2) is 12.2 Å². The maximum atomic E-state index is 14.8. The number of likely N-dealkylation sites (N-methyl/N-ethyl adjacent to an activating group) is 2. The minimum Gasteiger partial charge on any atom is -0.478 e. The van der Waals surface area contributed by atoms with Gasteiger partial charge in [-0.3, -0.25) is 19.3 Å². The third kappa shape index (κ3) is 10.2. The Balaban J connectivity index is 2.30. The van der Waals surface area contributed by atoms with Crippen molar-refractivity contribution in [3.05, 3.63) is 60.7 Å². The lowest BCUT2D eigenvalue weighted by Crippen LogP contribution is -2.77. The highest BCUT2D eigenvalue weighted by Gasteiger charge is 2.69. The highest BCUT2D eigenvalue weighted by Crippen LogP contribution is 2.61. The van der Waals surface area contributed by atoms with Crippen molar-refractivity contribution < 1.29 is 58.0 Å². The average Bonchev–Trinajstić information content (AvgIpc) is 3.29. The van der Waals surface area contributed by atoms with E-state index < -0.39 is 81.6 Å². The van der Waals surface area contributed by atoms with Crippen LogP contribution in [0.25, 0.3) is 0 Å². The first-order valence-corrected chi connectivity index (χ1v) is 22.7. The van der Waals surface area contributed by atoms with Crippen molar-refractivity contribution in [2.45, 2.75) is 175 Å². The highest BCUT2D eigenvalue weighted by atomic mass is 16.7. The molecule has 2 aliphatic rings. The molecule has 3 rings (SSSR count). The number of rotatable bonds is 18. The standard InChI is InChI=1S/C48H74N4O12/c1-17-38(53)63-49(23-7)40(55)32(10)61-51-44(13,19-3)29-37(31(9)46(51,15)21-5)48(60-43(59)36-27-25-35(26-28-36)42(57)58)30-45(14,20-4)52(47(16,22-6)34(48)12)62-33(11)41(56)50(24-8)64-39(54)18-2/h17-18,25-28,31-34,37H,1-2,19-24,29-30H2,3-16H3,(H,57,58). The van der Waals surface area contributed by atoms with Gasteiger partial charge in [0.25, 0.3) is 11.8 Å². The van der Waals surface area contributed by atoms with Crippen LogP contribution >= 0.6 is 0 Å². The van der Waals surface area contributed by atoms with Gasteiger partial charge in [0, 0.05) is 47.0 Å². The molecule has 2 saturated heterocycles. The van der Waals surface area contributed by atoms with Gasteiger partial charge in [-0.25, -0.2) is 19.2 Å². The Kier molecular flexibility index (Phi) is 17.7. The van der Waals surface area contributed by atoms with Crippen molar-refractivity contribution in [1.29, 1.82) is 0 Å². The molecule has 2 amide bonds. The summed E-state index contributed by atoms with van der Waals surface area (Å²) in [5.74, 6) is -5.49. The second-order valence-corrected chi connectivity index (χ2v) is 18.2. The summed E-state index contributed by atoms with van der Waals surface area (Å²) in [6.45, 7) is 34.2. The number of hydrogen-bond donors (Lipinski definition) is 1. The molecule has 0 saturated carbocycles. The quantitative estimate of drug-likeness (QED) is 0.0853. The number of hydrogen-bond acceptors (Lipinski definition) is 13. The third-order valence-corrected chi connectivity index (χ3v) is 14.7. The van der Waals surface area contributed by atoms with Crippen LogP contribution in [0.3, 0.4) is 0 Å². The number of hydroxylamine groups is 8. The fourth-order valence-corrected chi connectivity index (χ4v) is 9.94. The van der Waals surface area contributed by atoms with Crippen LogP contribution in [0.2, 0.25) is 0 Å². The number of carbonyl (C=O) groups excluding carboxylic acids is 5. The number of carboxylic acids is 1. The Hall–Kier alpha value is -4.64. The summed E-state index contributed by atoms with van der Waals surface area (Å²) in [6.07, 6.45) is 2.66. The molecule has 10 atom stereocenters. The summed E-state index contributed by atoms with van der Waals surface area (Å²) < 4.78 is 7.13. The zero-order valence-electron chi connectivity index (χ0n) is 40.6. The van der Waals surface area contributed by atoms with Gasteiger partial charge in [-0.15, -0.1) is 0 Å². The normalized spacial score (nSPS) is 30.6. The largest absolute Gasteiger partial charge is 0.478 e. The summed E-state index contributed by atoms with van der Waals surface area (Å²) in [4.78, 5) is 102. The molecule has 10 unspecified atom stereocenters. The molecule has 16 nitrogen and oxygen atoms in total. The predicted octanol–water partition coefficient (Wildman–Crippen LogP) is 7.88. The summed E-state index contributed by atoms with van der Waals surface area (Å²) in [5, 5.41) is 15.4. The van der Waals surface area contributed by atoms with Gasteiger partial charge in [0.05, 0.1) is 29.8 Å². The molecule has 0 radical (unpaired) electrons. The molecule has 16 heteroatoms. The lowest BCUT2D eigenvalue weighted by Gasteiger charge is -2.69. The Morgan fingerprint density at radius 3 is 1.52 bits per heavy atom. The molecule has 64 heavy (non-hydrogen) atoms. The van der Waals surface area contributed by atoms with Crippen molar-refractivity contribution in [2.24, 2.45) is 17.8 Å². The Morgan fingerprint density at radius 2 is 1.14 bits per heavy atom. The minimum atomic E-state index is -1.22. The monoisotopic (exact) mass is 899 g/mol. The maximum absolute atomic E-state index is 14.8. The van der Waals surface area contributed by atoms with Crippen molar-refractivity contribution in [1.82, 2.24) is 20.3 Å². The Morgan fingerprint density at radius 1 is 0.719 bits per heavy atom. The molecule has 2 aliphatic heterocycles. The molecular formula is C48H74N4O12. The van der Waals surface area contributed by atoms with Crippen molar-refractivity contribution >= 4 is 35.7 Å². The van der Waals surface area contributed by atoms with Gasteiger partial charge >= 0.3 is 23.9 Å². The molecule has 1 N–H and O–H groups in total. The molecule has 1 aromatic rings. The molecule has 0 spiro atoms. The van der Waals surface area contributed by atoms with Gasteiger partial charge in [0.1, 0.15) is 5.60 Å². The van der Waals surface area contributed by atoms with Crippen LogP contribution in [0.5, 0.6) is 0 Å². The zero-order valence-corrected chi connectivity index (χ0v) is 40.6. The first-order chi connectivity index (χ1) is 29.8. The average molecular weight is 899 g/mol. The van der Waals surface area contributed by atoms with Crippen molar-refractivity contribution in [3.8, 4) is 0 Å². The van der Waals surface area contributed by atoms with Gasteiger partial charge in [-0.2, -0.15) is 20.3 Å². The Labute approximate surface area is 380 Å². The molecule has 0 aliphatic carbocycles. The van der Waals surface area contributed by atoms with Crippen molar-refractivity contribution in [2.75, 3.05) is 13.1 Å². The van der Waals surface area contributed by atoms with E-state index in [-0.39, 0.29) is 42.5 Å².